The summed E-state index contributed by atoms with van der Waals surface area (Å²) in [6, 6.07) is 5.90. The van der Waals surface area contributed by atoms with Crippen molar-refractivity contribution in [3.05, 3.63) is 86.8 Å². The van der Waals surface area contributed by atoms with Crippen molar-refractivity contribution in [3.63, 3.8) is 0 Å². The van der Waals surface area contributed by atoms with Crippen molar-refractivity contribution in [2.24, 2.45) is 29.6 Å². The first kappa shape index (κ1) is 59.5. The van der Waals surface area contributed by atoms with Gasteiger partial charge in [0.1, 0.15) is 30.1 Å². The number of ether oxygens (including phenoxy) is 5. The number of piperidine rings is 1. The molecule has 3 N–H and O–H groups in total. The number of hydrogen-bond acceptors (Lipinski definition) is 15. The van der Waals surface area contributed by atoms with Crippen LogP contribution in [-0.2, 0) is 47.7 Å². The third-order valence-corrected chi connectivity index (χ3v) is 17.2. The van der Waals surface area contributed by atoms with Crippen LogP contribution in [-0.4, -0.2) is 146 Å². The Labute approximate surface area is 451 Å². The van der Waals surface area contributed by atoms with E-state index in [4.69, 9.17) is 23.7 Å². The molecule has 1 aromatic carbocycles. The van der Waals surface area contributed by atoms with Gasteiger partial charge in [0, 0.05) is 59.0 Å². The number of carbonyl (C=O) groups is 5. The van der Waals surface area contributed by atoms with E-state index in [9.17, 15) is 48.9 Å². The molecule has 3 fully saturated rings. The number of aliphatic hydroxyl groups excluding tert-OH is 2. The van der Waals surface area contributed by atoms with Gasteiger partial charge in [-0.1, -0.05) is 70.2 Å². The molecule has 1 saturated carbocycles. The van der Waals surface area contributed by atoms with E-state index in [1.807, 2.05) is 32.9 Å². The SMILES string of the molecule is COC1CC(CC(C)[C@@H]2CC(=O)C/C=C(\C)[C@@H](O)C(OC)C(=O)[C@H](C)C[C@H](C)C3C=CC(/C=C(\C)[C@@H](OC)CC4CCC(C)C(O)(O4)C(=O)C(=O)N4CCCC[C@H]4C(=O)O2)n2c(=O)n(-c4ccccc4)c(=O)n23)CC[C@H]1O. The molecule has 6 aliphatic rings. The predicted octanol–water partition coefficient (Wildman–Crippen LogP) is 5.29. The molecule has 0 radical (unpaired) electrons. The molecule has 19 nitrogen and oxygen atoms in total. The zero-order valence-electron chi connectivity index (χ0n) is 46.3. The smallest absolute Gasteiger partial charge is 0.352 e. The number of nitrogens with zero attached hydrogens (tertiary/aromatic N) is 4. The van der Waals surface area contributed by atoms with Crippen molar-refractivity contribution in [1.82, 2.24) is 18.8 Å². The van der Waals surface area contributed by atoms with Crippen LogP contribution in [0.15, 0.2) is 75.4 Å². The normalized spacial score (nSPS) is 36.5. The van der Waals surface area contributed by atoms with Crippen LogP contribution in [0.2, 0.25) is 0 Å². The zero-order valence-corrected chi connectivity index (χ0v) is 46.3. The number of fused-ring (bicyclic) bond motifs is 15. The summed E-state index contributed by atoms with van der Waals surface area (Å²) < 4.78 is 33.6. The van der Waals surface area contributed by atoms with Crippen molar-refractivity contribution < 1.29 is 63.0 Å². The molecule has 6 heterocycles. The number of amides is 1. The molecule has 2 saturated heterocycles. The fourth-order valence-electron chi connectivity index (χ4n) is 12.4. The second-order valence-electron chi connectivity index (χ2n) is 22.6. The maximum absolute atomic E-state index is 14.6. The molecule has 9 unspecified atom stereocenters. The second kappa shape index (κ2) is 25.8. The van der Waals surface area contributed by atoms with E-state index >= 15 is 0 Å². The Morgan fingerprint density at radius 1 is 0.805 bits per heavy atom. The number of carbonyl (C=O) groups excluding carboxylic acids is 5. The fraction of sp³-hybridized carbons (Fsp3) is 0.672. The van der Waals surface area contributed by atoms with Crippen LogP contribution >= 0.6 is 0 Å². The molecule has 4 bridgehead atoms. The van der Waals surface area contributed by atoms with E-state index in [0.29, 0.717) is 68.2 Å². The molecule has 1 amide bonds. The van der Waals surface area contributed by atoms with Crippen LogP contribution in [0.25, 0.3) is 5.69 Å². The monoisotopic (exact) mass is 1070 g/mol. The lowest BCUT2D eigenvalue weighted by Crippen LogP contribution is -2.61. The van der Waals surface area contributed by atoms with E-state index in [1.54, 1.807) is 64.3 Å². The quantitative estimate of drug-likeness (QED) is 0.181. The van der Waals surface area contributed by atoms with Crippen LogP contribution in [0, 0.1) is 29.6 Å². The topological polar surface area (TPSA) is 244 Å². The number of rotatable bonds is 7. The highest BCUT2D eigenvalue weighted by Crippen LogP contribution is 2.39. The summed E-state index contributed by atoms with van der Waals surface area (Å²) in [5.74, 6) is -8.57. The van der Waals surface area contributed by atoms with Crippen molar-refractivity contribution in [3.8, 4) is 5.69 Å². The van der Waals surface area contributed by atoms with Crippen molar-refractivity contribution in [2.45, 2.75) is 192 Å². The van der Waals surface area contributed by atoms with Crippen LogP contribution in [0.3, 0.4) is 0 Å². The van der Waals surface area contributed by atoms with Gasteiger partial charge in [-0.15, -0.1) is 0 Å². The lowest BCUT2D eigenvalue weighted by Gasteiger charge is -2.42. The molecule has 1 aliphatic carbocycles. The molecule has 16 atom stereocenters. The minimum atomic E-state index is -2.55. The van der Waals surface area contributed by atoms with E-state index in [0.717, 1.165) is 9.47 Å². The van der Waals surface area contributed by atoms with Gasteiger partial charge in [-0.05, 0) is 119 Å². The summed E-state index contributed by atoms with van der Waals surface area (Å²) in [4.78, 5) is 102. The van der Waals surface area contributed by atoms with Gasteiger partial charge < -0.3 is 43.9 Å². The van der Waals surface area contributed by atoms with Gasteiger partial charge in [0.05, 0.1) is 42.2 Å². The standard InChI is InChI=1S/C58H82N4O15/c1-33-18-22-42(63)31-48(35(3)28-39-20-25-46(64)49(30-39)74-8)76-55(69)45-17-13-14-26-59(45)54(68)53(67)58(72)38(6)19-23-43(77-58)32-47(73-7)36(4)29-41-21-24-44(34(2)27-37(5)51(66)52(75-9)50(33)65)62-57(71)60(56(70)61(41)62)40-15-11-10-12-16-40/h10-12,15-16,18,21,24,29,34-35,37-39,41,43-50,52,64-65,72H,13-14,17,19-20,22-23,25-28,30-32H2,1-9H3/b33-18+,36-29+/t34-,35?,37+,38?,39?,41?,43?,44?,45-,46+,47-,48-,49?,50+,52?,58?/m0/s1. The van der Waals surface area contributed by atoms with E-state index in [-0.39, 0.29) is 62.4 Å². The number of allylic oxidation sites excluding steroid dienone is 4. The number of Topliss-reactive ketones (excluding diaryl/α,β-unsaturated/α-hetero) is 3. The minimum Gasteiger partial charge on any atom is -0.460 e. The summed E-state index contributed by atoms with van der Waals surface area (Å²) in [7, 11) is 4.38. The van der Waals surface area contributed by atoms with E-state index < -0.39 is 113 Å². The van der Waals surface area contributed by atoms with Crippen molar-refractivity contribution >= 4 is 29.2 Å². The third kappa shape index (κ3) is 13.0. The molecule has 2 aromatic rings. The Morgan fingerprint density at radius 2 is 1.52 bits per heavy atom. The first-order valence-corrected chi connectivity index (χ1v) is 27.6. The average molecular weight is 1080 g/mol. The fourth-order valence-corrected chi connectivity index (χ4v) is 12.4. The number of hydrogen-bond donors (Lipinski definition) is 3. The van der Waals surface area contributed by atoms with Gasteiger partial charge >= 0.3 is 17.3 Å². The molecule has 1 aromatic heterocycles. The summed E-state index contributed by atoms with van der Waals surface area (Å²) in [6.07, 6.45) is 5.05. The molecule has 77 heavy (non-hydrogen) atoms. The second-order valence-corrected chi connectivity index (χ2v) is 22.6. The van der Waals surface area contributed by atoms with E-state index in [1.165, 1.54) is 29.7 Å². The average Bonchev–Trinajstić information content (AvgIpc) is 3.69. The van der Waals surface area contributed by atoms with E-state index in [2.05, 4.69) is 0 Å². The van der Waals surface area contributed by atoms with Crippen molar-refractivity contribution in [2.75, 3.05) is 27.9 Å². The van der Waals surface area contributed by atoms with Gasteiger partial charge in [-0.2, -0.15) is 0 Å². The number of esters is 1. The number of benzene rings is 1. The summed E-state index contributed by atoms with van der Waals surface area (Å²) in [5.41, 5.74) is 0.143. The highest BCUT2D eigenvalue weighted by molar-refractivity contribution is 6.39. The molecule has 5 aliphatic heterocycles. The van der Waals surface area contributed by atoms with Crippen LogP contribution in [0.1, 0.15) is 137 Å². The Hall–Kier alpha value is -5.15. The maximum atomic E-state index is 14.6. The zero-order chi connectivity index (χ0) is 56.0. The molecular weight excluding hydrogens is 993 g/mol. The largest absolute Gasteiger partial charge is 0.460 e. The summed E-state index contributed by atoms with van der Waals surface area (Å²) in [5, 5.41) is 34.4. The van der Waals surface area contributed by atoms with Gasteiger partial charge in [-0.3, -0.25) is 19.2 Å². The number of aliphatic hydroxyl groups is 3. The van der Waals surface area contributed by atoms with Gasteiger partial charge in [-0.25, -0.2) is 28.3 Å². The number of aromatic nitrogens is 3. The first-order valence-electron chi connectivity index (χ1n) is 27.6. The lowest BCUT2D eigenvalue weighted by molar-refractivity contribution is -0.265. The van der Waals surface area contributed by atoms with Crippen LogP contribution in [0.5, 0.6) is 0 Å². The maximum Gasteiger partial charge on any atom is 0.352 e. The highest BCUT2D eigenvalue weighted by atomic mass is 16.6. The summed E-state index contributed by atoms with van der Waals surface area (Å²) in [6.45, 7) is 10.6. The Kier molecular flexibility index (Phi) is 19.9. The number of ketones is 3. The van der Waals surface area contributed by atoms with Crippen molar-refractivity contribution in [1.29, 1.82) is 0 Å². The molecular formula is C58H82N4O15. The molecule has 8 rings (SSSR count). The Balaban J connectivity index is 1.25. The van der Waals surface area contributed by atoms with Gasteiger partial charge in [0.25, 0.3) is 11.7 Å². The molecule has 0 spiro atoms. The minimum absolute atomic E-state index is 0.0347. The predicted molar refractivity (Wildman–Crippen MR) is 284 cm³/mol. The number of methoxy groups -OCH3 is 3. The highest BCUT2D eigenvalue weighted by Gasteiger charge is 2.53. The Bertz CT molecular complexity index is 2650. The van der Waals surface area contributed by atoms with Crippen LogP contribution in [0.4, 0.5) is 0 Å². The van der Waals surface area contributed by atoms with Gasteiger partial charge in [0.15, 0.2) is 5.78 Å². The lowest BCUT2D eigenvalue weighted by atomic mass is 9.78. The third-order valence-electron chi connectivity index (χ3n) is 17.2. The molecule has 424 valence electrons. The summed E-state index contributed by atoms with van der Waals surface area (Å²) >= 11 is 0. The number of para-hydroxylation sites is 1. The molecule has 19 heteroatoms. The Morgan fingerprint density at radius 3 is 2.21 bits per heavy atom. The van der Waals surface area contributed by atoms with Gasteiger partial charge in [0.2, 0.25) is 5.79 Å². The van der Waals surface area contributed by atoms with Crippen LogP contribution < -0.4 is 11.4 Å². The first-order chi connectivity index (χ1) is 36.6.